The van der Waals surface area contributed by atoms with Crippen molar-refractivity contribution in [1.29, 1.82) is 0 Å². The van der Waals surface area contributed by atoms with Crippen LogP contribution in [0.2, 0.25) is 0 Å². The maximum atomic E-state index is 4.70. The number of nitrogens with one attached hydrogen (secondary N) is 2. The van der Waals surface area contributed by atoms with Crippen molar-refractivity contribution in [3.05, 3.63) is 27.7 Å². The molecule has 144 valence electrons. The standard InChI is InChI=1S/C17H27N7S.HI/c1-4-13-9-19-16(25-13)10-20-17(18-6-3)21-12-7-8-15-22-14(5-2)23-24(15)11-12;/h9,12H,4-8,10-11H2,1-3H3,(H2,18,20,21);1H. The molecule has 3 heterocycles. The van der Waals surface area contributed by atoms with E-state index in [0.29, 0.717) is 12.6 Å². The van der Waals surface area contributed by atoms with Crippen molar-refractivity contribution in [1.82, 2.24) is 30.4 Å². The fraction of sp³-hybridized carbons (Fsp3) is 0.647. The molecule has 26 heavy (non-hydrogen) atoms. The third-order valence-corrected chi connectivity index (χ3v) is 5.35. The van der Waals surface area contributed by atoms with Crippen LogP contribution in [0, 0.1) is 0 Å². The highest BCUT2D eigenvalue weighted by atomic mass is 127. The summed E-state index contributed by atoms with van der Waals surface area (Å²) in [7, 11) is 0. The molecule has 0 fully saturated rings. The van der Waals surface area contributed by atoms with E-state index < -0.39 is 0 Å². The fourth-order valence-electron chi connectivity index (χ4n) is 2.87. The van der Waals surface area contributed by atoms with E-state index in [1.807, 2.05) is 10.9 Å². The van der Waals surface area contributed by atoms with Crippen molar-refractivity contribution < 1.29 is 0 Å². The van der Waals surface area contributed by atoms with E-state index in [9.17, 15) is 0 Å². The molecular weight excluding hydrogens is 461 g/mol. The number of aliphatic imine (C=N–C) groups is 1. The zero-order valence-electron chi connectivity index (χ0n) is 15.7. The van der Waals surface area contributed by atoms with Crippen LogP contribution in [0.1, 0.15) is 48.7 Å². The lowest BCUT2D eigenvalue weighted by molar-refractivity contribution is 0.392. The van der Waals surface area contributed by atoms with Gasteiger partial charge in [0.1, 0.15) is 10.8 Å². The lowest BCUT2D eigenvalue weighted by atomic mass is 10.1. The normalized spacial score (nSPS) is 16.7. The van der Waals surface area contributed by atoms with Crippen molar-refractivity contribution in [2.24, 2.45) is 4.99 Å². The minimum Gasteiger partial charge on any atom is -0.357 e. The summed E-state index contributed by atoms with van der Waals surface area (Å²) >= 11 is 1.74. The molecule has 0 radical (unpaired) electrons. The fourth-order valence-corrected chi connectivity index (χ4v) is 3.66. The number of nitrogens with zero attached hydrogens (tertiary/aromatic N) is 5. The number of rotatable bonds is 6. The van der Waals surface area contributed by atoms with E-state index in [2.05, 4.69) is 46.5 Å². The summed E-state index contributed by atoms with van der Waals surface area (Å²) in [5, 5.41) is 12.5. The highest BCUT2D eigenvalue weighted by molar-refractivity contribution is 14.0. The Balaban J connectivity index is 0.00000243. The van der Waals surface area contributed by atoms with Gasteiger partial charge in [-0.1, -0.05) is 13.8 Å². The minimum absolute atomic E-state index is 0. The molecule has 2 aromatic heterocycles. The van der Waals surface area contributed by atoms with E-state index in [-0.39, 0.29) is 24.0 Å². The highest BCUT2D eigenvalue weighted by Gasteiger charge is 2.22. The van der Waals surface area contributed by atoms with E-state index >= 15 is 0 Å². The molecular formula is C17H28IN7S. The molecule has 9 heteroatoms. The van der Waals surface area contributed by atoms with E-state index in [0.717, 1.165) is 61.4 Å². The van der Waals surface area contributed by atoms with Crippen molar-refractivity contribution in [2.45, 2.75) is 65.6 Å². The van der Waals surface area contributed by atoms with Crippen LogP contribution in [0.25, 0.3) is 0 Å². The second kappa shape index (κ2) is 10.2. The van der Waals surface area contributed by atoms with E-state index in [1.165, 1.54) is 4.88 Å². The summed E-state index contributed by atoms with van der Waals surface area (Å²) in [5.74, 6) is 2.89. The van der Waals surface area contributed by atoms with Crippen LogP contribution < -0.4 is 10.6 Å². The third-order valence-electron chi connectivity index (χ3n) is 4.23. The number of thiazole rings is 1. The zero-order valence-corrected chi connectivity index (χ0v) is 18.8. The van der Waals surface area contributed by atoms with Gasteiger partial charge in [0.15, 0.2) is 11.8 Å². The van der Waals surface area contributed by atoms with Crippen LogP contribution in [0.15, 0.2) is 11.2 Å². The van der Waals surface area contributed by atoms with E-state index in [1.54, 1.807) is 11.3 Å². The Hall–Kier alpha value is -1.23. The Morgan fingerprint density at radius 2 is 2.19 bits per heavy atom. The summed E-state index contributed by atoms with van der Waals surface area (Å²) in [5.41, 5.74) is 0. The van der Waals surface area contributed by atoms with Crippen LogP contribution in [-0.2, 0) is 32.4 Å². The first-order chi connectivity index (χ1) is 12.2. The largest absolute Gasteiger partial charge is 0.357 e. The average Bonchev–Trinajstić information content (AvgIpc) is 3.25. The second-order valence-electron chi connectivity index (χ2n) is 6.13. The smallest absolute Gasteiger partial charge is 0.191 e. The Morgan fingerprint density at radius 3 is 2.88 bits per heavy atom. The van der Waals surface area contributed by atoms with Crippen molar-refractivity contribution in [3.63, 3.8) is 0 Å². The first-order valence-electron chi connectivity index (χ1n) is 9.12. The van der Waals surface area contributed by atoms with Gasteiger partial charge in [-0.15, -0.1) is 35.3 Å². The van der Waals surface area contributed by atoms with Crippen molar-refractivity contribution >= 4 is 41.3 Å². The molecule has 0 saturated carbocycles. The van der Waals surface area contributed by atoms with Gasteiger partial charge in [0.2, 0.25) is 0 Å². The van der Waals surface area contributed by atoms with Gasteiger partial charge in [-0.05, 0) is 19.8 Å². The molecule has 3 rings (SSSR count). The molecule has 0 aliphatic carbocycles. The third kappa shape index (κ3) is 5.38. The number of guanidine groups is 1. The minimum atomic E-state index is 0. The van der Waals surface area contributed by atoms with Gasteiger partial charge in [0.25, 0.3) is 0 Å². The van der Waals surface area contributed by atoms with Gasteiger partial charge in [0.05, 0.1) is 13.1 Å². The number of hydrogen-bond acceptors (Lipinski definition) is 5. The maximum Gasteiger partial charge on any atom is 0.191 e. The summed E-state index contributed by atoms with van der Waals surface area (Å²) in [4.78, 5) is 15.0. The number of fused-ring (bicyclic) bond motifs is 1. The van der Waals surface area contributed by atoms with Gasteiger partial charge in [-0.25, -0.2) is 19.6 Å². The van der Waals surface area contributed by atoms with Crippen LogP contribution in [-0.4, -0.2) is 38.3 Å². The molecule has 2 aromatic rings. The number of hydrogen-bond donors (Lipinski definition) is 2. The van der Waals surface area contributed by atoms with Gasteiger partial charge in [-0.2, -0.15) is 5.10 Å². The van der Waals surface area contributed by atoms with Crippen LogP contribution in [0.3, 0.4) is 0 Å². The molecule has 0 amide bonds. The Morgan fingerprint density at radius 1 is 1.35 bits per heavy atom. The quantitative estimate of drug-likeness (QED) is 0.371. The number of aryl methyl sites for hydroxylation is 3. The number of halogens is 1. The van der Waals surface area contributed by atoms with Crippen LogP contribution >= 0.6 is 35.3 Å². The van der Waals surface area contributed by atoms with Crippen molar-refractivity contribution in [3.8, 4) is 0 Å². The Labute approximate surface area is 176 Å². The molecule has 1 atom stereocenters. The summed E-state index contributed by atoms with van der Waals surface area (Å²) in [6.07, 6.45) is 5.87. The molecule has 0 spiro atoms. The predicted molar refractivity (Wildman–Crippen MR) is 116 cm³/mol. The Bertz CT molecular complexity index is 725. The molecule has 1 aliphatic rings. The first kappa shape index (κ1) is 21.1. The SMILES string of the molecule is CCNC(=NCc1ncc(CC)s1)NC1CCc2nc(CC)nn2C1.I. The summed E-state index contributed by atoms with van der Waals surface area (Å²) in [6.45, 7) is 8.61. The maximum absolute atomic E-state index is 4.70. The Kier molecular flexibility index (Phi) is 8.26. The first-order valence-corrected chi connectivity index (χ1v) is 9.94. The summed E-state index contributed by atoms with van der Waals surface area (Å²) in [6, 6.07) is 0.319. The monoisotopic (exact) mass is 489 g/mol. The van der Waals surface area contributed by atoms with Gasteiger partial charge in [0, 0.05) is 36.5 Å². The lowest BCUT2D eigenvalue weighted by Gasteiger charge is -2.25. The summed E-state index contributed by atoms with van der Waals surface area (Å²) < 4.78 is 2.04. The molecule has 0 bridgehead atoms. The molecule has 2 N–H and O–H groups in total. The average molecular weight is 489 g/mol. The number of aromatic nitrogens is 4. The van der Waals surface area contributed by atoms with Gasteiger partial charge >= 0.3 is 0 Å². The predicted octanol–water partition coefficient (Wildman–Crippen LogP) is 2.55. The molecule has 1 aliphatic heterocycles. The topological polar surface area (TPSA) is 80.0 Å². The van der Waals surface area contributed by atoms with Gasteiger partial charge in [-0.3, -0.25) is 0 Å². The van der Waals surface area contributed by atoms with Crippen LogP contribution in [0.5, 0.6) is 0 Å². The molecule has 0 saturated heterocycles. The molecule has 1 unspecified atom stereocenters. The molecule has 0 aromatic carbocycles. The second-order valence-corrected chi connectivity index (χ2v) is 7.33. The van der Waals surface area contributed by atoms with Crippen LogP contribution in [0.4, 0.5) is 0 Å². The lowest BCUT2D eigenvalue weighted by Crippen LogP contribution is -2.47. The zero-order chi connectivity index (χ0) is 17.6. The van der Waals surface area contributed by atoms with Gasteiger partial charge < -0.3 is 10.6 Å². The van der Waals surface area contributed by atoms with Crippen molar-refractivity contribution in [2.75, 3.05) is 6.54 Å². The molecule has 7 nitrogen and oxygen atoms in total. The van der Waals surface area contributed by atoms with E-state index in [4.69, 9.17) is 4.99 Å². The highest BCUT2D eigenvalue weighted by Crippen LogP contribution is 2.15.